The van der Waals surface area contributed by atoms with Gasteiger partial charge in [0.25, 0.3) is 11.8 Å². The van der Waals surface area contributed by atoms with Crippen molar-refractivity contribution in [1.82, 2.24) is 35.4 Å². The second-order valence-electron chi connectivity index (χ2n) is 9.92. The average Bonchev–Trinajstić information content (AvgIpc) is 3.60. The van der Waals surface area contributed by atoms with Crippen LogP contribution in [0.1, 0.15) is 58.5 Å². The van der Waals surface area contributed by atoms with Gasteiger partial charge in [-0.2, -0.15) is 0 Å². The lowest BCUT2D eigenvalue weighted by Gasteiger charge is -2.40. The molecule has 2 fully saturated rings. The Balaban J connectivity index is 1.14. The van der Waals surface area contributed by atoms with Crippen molar-refractivity contribution in [1.29, 1.82) is 0 Å². The number of carbonyl (C=O) groups is 4. The van der Waals surface area contributed by atoms with Gasteiger partial charge >= 0.3 is 0 Å². The molecule has 4 amide bonds. The molecule has 11 heteroatoms. The number of hydrogen-bond acceptors (Lipinski definition) is 7. The maximum atomic E-state index is 12.9. The van der Waals surface area contributed by atoms with E-state index in [-0.39, 0.29) is 41.9 Å². The van der Waals surface area contributed by atoms with Gasteiger partial charge in [0.2, 0.25) is 11.8 Å². The van der Waals surface area contributed by atoms with Crippen LogP contribution in [0.25, 0.3) is 5.69 Å². The minimum Gasteiger partial charge on any atom is -0.349 e. The van der Waals surface area contributed by atoms with Crippen molar-refractivity contribution < 1.29 is 19.2 Å². The SMILES string of the molecule is O=C1CCC(N2Cc3cc(-n4cc(C(=O)NCC56CC=CCN5CCC6)nn4)ccc3C2=O)C(=O)N1. The van der Waals surface area contributed by atoms with Crippen LogP contribution in [0.2, 0.25) is 0 Å². The first-order valence-corrected chi connectivity index (χ1v) is 12.3. The highest BCUT2D eigenvalue weighted by Gasteiger charge is 2.41. The smallest absolute Gasteiger partial charge is 0.273 e. The van der Waals surface area contributed by atoms with Crippen molar-refractivity contribution in [3.05, 3.63) is 53.4 Å². The number of nitrogens with one attached hydrogen (secondary N) is 2. The number of rotatable bonds is 5. The fraction of sp³-hybridized carbons (Fsp3) is 0.440. The zero-order valence-electron chi connectivity index (χ0n) is 19.8. The molecule has 0 radical (unpaired) electrons. The number of nitrogens with zero attached hydrogens (tertiary/aromatic N) is 5. The highest BCUT2D eigenvalue weighted by atomic mass is 16.2. The first kappa shape index (κ1) is 22.6. The van der Waals surface area contributed by atoms with Crippen LogP contribution in [0.4, 0.5) is 0 Å². The Labute approximate surface area is 207 Å². The van der Waals surface area contributed by atoms with Crippen molar-refractivity contribution in [2.45, 2.75) is 50.2 Å². The third kappa shape index (κ3) is 3.79. The molecule has 2 aromatic rings. The summed E-state index contributed by atoms with van der Waals surface area (Å²) in [5.41, 5.74) is 2.15. The van der Waals surface area contributed by atoms with E-state index in [9.17, 15) is 19.2 Å². The number of piperidine rings is 1. The molecule has 4 aliphatic heterocycles. The first-order chi connectivity index (χ1) is 17.4. The minimum atomic E-state index is -0.664. The number of hydrogen-bond donors (Lipinski definition) is 2. The molecule has 0 saturated carbocycles. The molecule has 0 aliphatic carbocycles. The third-order valence-corrected chi connectivity index (χ3v) is 7.81. The standard InChI is InChI=1S/C25H27N7O4/c33-21-7-6-20(23(35)27-21)31-13-16-12-17(4-5-18(16)24(31)36)32-14-19(28-29-32)22(34)26-15-25-8-1-2-10-30(25)11-3-9-25/h1-2,4-5,12,14,20H,3,6-11,13,15H2,(H,26,34)(H,27,33,35). The highest BCUT2D eigenvalue weighted by molar-refractivity contribution is 6.05. The number of amides is 4. The summed E-state index contributed by atoms with van der Waals surface area (Å²) in [5, 5.41) is 13.5. The molecule has 2 saturated heterocycles. The lowest BCUT2D eigenvalue weighted by atomic mass is 9.89. The van der Waals surface area contributed by atoms with Gasteiger partial charge in [-0.25, -0.2) is 4.68 Å². The molecule has 0 bridgehead atoms. The van der Waals surface area contributed by atoms with Gasteiger partial charge < -0.3 is 10.2 Å². The summed E-state index contributed by atoms with van der Waals surface area (Å²) in [5.74, 6) is -1.26. The highest BCUT2D eigenvalue weighted by Crippen LogP contribution is 2.34. The van der Waals surface area contributed by atoms with Gasteiger partial charge in [-0.15, -0.1) is 5.10 Å². The van der Waals surface area contributed by atoms with Crippen LogP contribution in [0.5, 0.6) is 0 Å². The molecule has 36 heavy (non-hydrogen) atoms. The van der Waals surface area contributed by atoms with Crippen molar-refractivity contribution in [2.24, 2.45) is 0 Å². The van der Waals surface area contributed by atoms with E-state index in [0.717, 1.165) is 37.9 Å². The number of carbonyl (C=O) groups excluding carboxylic acids is 4. The Hall–Kier alpha value is -3.86. The topological polar surface area (TPSA) is 130 Å². The largest absolute Gasteiger partial charge is 0.349 e. The predicted molar refractivity (Wildman–Crippen MR) is 127 cm³/mol. The molecule has 6 rings (SSSR count). The molecule has 0 spiro atoms. The van der Waals surface area contributed by atoms with Crippen LogP contribution in [0, 0.1) is 0 Å². The van der Waals surface area contributed by atoms with Crippen molar-refractivity contribution >= 4 is 23.6 Å². The summed E-state index contributed by atoms with van der Waals surface area (Å²) in [6.45, 7) is 2.82. The fourth-order valence-corrected chi connectivity index (χ4v) is 5.82. The molecule has 2 atom stereocenters. The number of imide groups is 1. The van der Waals surface area contributed by atoms with E-state index >= 15 is 0 Å². The molecule has 11 nitrogen and oxygen atoms in total. The van der Waals surface area contributed by atoms with Crippen LogP contribution in [0.15, 0.2) is 36.5 Å². The Morgan fingerprint density at radius 3 is 2.97 bits per heavy atom. The molecule has 2 N–H and O–H groups in total. The summed E-state index contributed by atoms with van der Waals surface area (Å²) in [6.07, 6.45) is 9.62. The van der Waals surface area contributed by atoms with Crippen LogP contribution in [-0.4, -0.2) is 79.6 Å². The Morgan fingerprint density at radius 1 is 1.22 bits per heavy atom. The van der Waals surface area contributed by atoms with Crippen LogP contribution in [-0.2, 0) is 16.1 Å². The fourth-order valence-electron chi connectivity index (χ4n) is 5.82. The van der Waals surface area contributed by atoms with E-state index in [1.807, 2.05) is 6.07 Å². The van der Waals surface area contributed by atoms with Crippen molar-refractivity contribution in [3.63, 3.8) is 0 Å². The van der Waals surface area contributed by atoms with Crippen molar-refractivity contribution in [3.8, 4) is 5.69 Å². The quantitative estimate of drug-likeness (QED) is 0.464. The number of benzene rings is 1. The van der Waals surface area contributed by atoms with Gasteiger partial charge in [-0.1, -0.05) is 17.4 Å². The van der Waals surface area contributed by atoms with E-state index in [4.69, 9.17) is 0 Å². The lowest BCUT2D eigenvalue weighted by Crippen LogP contribution is -2.53. The van der Waals surface area contributed by atoms with E-state index in [1.165, 1.54) is 9.58 Å². The molecule has 1 aromatic heterocycles. The molecule has 4 aliphatic rings. The maximum absolute atomic E-state index is 12.9. The van der Waals surface area contributed by atoms with E-state index in [2.05, 4.69) is 38.0 Å². The van der Waals surface area contributed by atoms with Gasteiger partial charge in [0.1, 0.15) is 6.04 Å². The molecular formula is C25H27N7O4. The number of aromatic nitrogens is 3. The normalized spacial score (nSPS) is 25.6. The Bertz CT molecular complexity index is 1300. The van der Waals surface area contributed by atoms with Crippen LogP contribution >= 0.6 is 0 Å². The van der Waals surface area contributed by atoms with Crippen molar-refractivity contribution in [2.75, 3.05) is 19.6 Å². The summed E-state index contributed by atoms with van der Waals surface area (Å²) >= 11 is 0. The molecular weight excluding hydrogens is 462 g/mol. The van der Waals surface area contributed by atoms with E-state index in [0.29, 0.717) is 24.2 Å². The second-order valence-corrected chi connectivity index (χ2v) is 9.92. The minimum absolute atomic E-state index is 0.0126. The van der Waals surface area contributed by atoms with E-state index in [1.54, 1.807) is 18.3 Å². The van der Waals surface area contributed by atoms with E-state index < -0.39 is 11.9 Å². The zero-order valence-corrected chi connectivity index (χ0v) is 19.8. The van der Waals surface area contributed by atoms with Gasteiger partial charge in [-0.05, 0) is 56.0 Å². The molecule has 1 aromatic carbocycles. The first-order valence-electron chi connectivity index (χ1n) is 12.3. The third-order valence-electron chi connectivity index (χ3n) is 7.81. The van der Waals surface area contributed by atoms with Crippen LogP contribution in [0.3, 0.4) is 0 Å². The molecule has 2 unspecified atom stereocenters. The Kier molecular flexibility index (Phi) is 5.44. The molecule has 5 heterocycles. The van der Waals surface area contributed by atoms with Gasteiger partial charge in [-0.3, -0.25) is 29.4 Å². The monoisotopic (exact) mass is 489 g/mol. The molecule has 186 valence electrons. The zero-order chi connectivity index (χ0) is 24.9. The summed E-state index contributed by atoms with van der Waals surface area (Å²) < 4.78 is 1.51. The predicted octanol–water partition coefficient (Wildman–Crippen LogP) is 0.553. The average molecular weight is 490 g/mol. The van der Waals surface area contributed by atoms with Gasteiger partial charge in [0.05, 0.1) is 11.9 Å². The number of fused-ring (bicyclic) bond motifs is 2. The lowest BCUT2D eigenvalue weighted by molar-refractivity contribution is -0.136. The van der Waals surface area contributed by atoms with Gasteiger partial charge in [0.15, 0.2) is 5.69 Å². The van der Waals surface area contributed by atoms with Gasteiger partial charge in [0, 0.05) is 37.2 Å². The Morgan fingerprint density at radius 2 is 2.11 bits per heavy atom. The van der Waals surface area contributed by atoms with Crippen LogP contribution < -0.4 is 10.6 Å². The second kappa shape index (κ2) is 8.66. The summed E-state index contributed by atoms with van der Waals surface area (Å²) in [4.78, 5) is 53.4. The maximum Gasteiger partial charge on any atom is 0.273 e. The summed E-state index contributed by atoms with van der Waals surface area (Å²) in [6, 6.07) is 4.59. The summed E-state index contributed by atoms with van der Waals surface area (Å²) in [7, 11) is 0.